The van der Waals surface area contributed by atoms with E-state index < -0.39 is 10.0 Å². The van der Waals surface area contributed by atoms with Crippen molar-refractivity contribution in [3.63, 3.8) is 0 Å². The van der Waals surface area contributed by atoms with Crippen molar-refractivity contribution in [2.75, 3.05) is 18.8 Å². The van der Waals surface area contributed by atoms with Crippen molar-refractivity contribution >= 4 is 16.3 Å². The fourth-order valence-corrected chi connectivity index (χ4v) is 3.53. The van der Waals surface area contributed by atoms with Gasteiger partial charge in [0, 0.05) is 19.0 Å². The number of unbranched alkanes of at least 4 members (excludes halogenated alkanes) is 1. The van der Waals surface area contributed by atoms with E-state index in [9.17, 15) is 13.2 Å². The van der Waals surface area contributed by atoms with Gasteiger partial charge < -0.3 is 4.79 Å². The molecule has 1 unspecified atom stereocenters. The highest BCUT2D eigenvalue weighted by atomic mass is 32.2. The Bertz CT molecular complexity index is 300. The van der Waals surface area contributed by atoms with E-state index in [1.807, 2.05) is 6.92 Å². The zero-order valence-corrected chi connectivity index (χ0v) is 10.0. The number of hydrogen-bond donors (Lipinski definition) is 0. The fourth-order valence-electron chi connectivity index (χ4n) is 1.79. The van der Waals surface area contributed by atoms with Gasteiger partial charge in [0.1, 0.15) is 6.29 Å². The predicted molar refractivity (Wildman–Crippen MR) is 59.1 cm³/mol. The Balaban J connectivity index is 2.58. The van der Waals surface area contributed by atoms with Crippen LogP contribution in [0, 0.1) is 5.92 Å². The van der Waals surface area contributed by atoms with Crippen LogP contribution in [-0.4, -0.2) is 37.9 Å². The first-order valence-corrected chi connectivity index (χ1v) is 7.14. The molecule has 1 heterocycles. The van der Waals surface area contributed by atoms with Gasteiger partial charge in [0.15, 0.2) is 0 Å². The lowest BCUT2D eigenvalue weighted by molar-refractivity contribution is -0.112. The molecule has 1 aliphatic rings. The molecule has 4 nitrogen and oxygen atoms in total. The predicted octanol–water partition coefficient (Wildman–Crippen LogP) is 1.03. The number of nitrogens with zero attached hydrogens (tertiary/aromatic N) is 1. The van der Waals surface area contributed by atoms with E-state index in [0.717, 1.165) is 25.5 Å². The van der Waals surface area contributed by atoms with Gasteiger partial charge in [0.05, 0.1) is 5.75 Å². The van der Waals surface area contributed by atoms with Crippen LogP contribution in [0.2, 0.25) is 0 Å². The van der Waals surface area contributed by atoms with E-state index in [-0.39, 0.29) is 11.7 Å². The first-order chi connectivity index (χ1) is 7.10. The molecule has 15 heavy (non-hydrogen) atoms. The third-order valence-electron chi connectivity index (χ3n) is 2.76. The molecule has 1 aliphatic heterocycles. The summed E-state index contributed by atoms with van der Waals surface area (Å²) < 4.78 is 25.1. The van der Waals surface area contributed by atoms with Crippen LogP contribution in [0.25, 0.3) is 0 Å². The van der Waals surface area contributed by atoms with Crippen molar-refractivity contribution in [2.24, 2.45) is 5.92 Å². The standard InChI is InChI=1S/C10H19NO3S/c1-2-3-7-15(13,14)11-6-4-5-10(8-11)9-12/h9-10H,2-8H2,1H3. The molecule has 1 fully saturated rings. The van der Waals surface area contributed by atoms with Gasteiger partial charge in [-0.05, 0) is 19.3 Å². The summed E-state index contributed by atoms with van der Waals surface area (Å²) in [5.41, 5.74) is 0. The van der Waals surface area contributed by atoms with Gasteiger partial charge in [-0.1, -0.05) is 13.3 Å². The molecule has 1 atom stereocenters. The molecular weight excluding hydrogens is 214 g/mol. The number of rotatable bonds is 5. The number of aldehydes is 1. The van der Waals surface area contributed by atoms with E-state index in [1.54, 1.807) is 0 Å². The molecule has 1 saturated heterocycles. The zero-order valence-electron chi connectivity index (χ0n) is 9.18. The highest BCUT2D eigenvalue weighted by molar-refractivity contribution is 7.89. The van der Waals surface area contributed by atoms with E-state index >= 15 is 0 Å². The highest BCUT2D eigenvalue weighted by Crippen LogP contribution is 2.18. The van der Waals surface area contributed by atoms with Gasteiger partial charge >= 0.3 is 0 Å². The molecule has 0 saturated carbocycles. The highest BCUT2D eigenvalue weighted by Gasteiger charge is 2.27. The molecule has 88 valence electrons. The number of carbonyl (C=O) groups excluding carboxylic acids is 1. The van der Waals surface area contributed by atoms with Crippen LogP contribution >= 0.6 is 0 Å². The number of hydrogen-bond acceptors (Lipinski definition) is 3. The quantitative estimate of drug-likeness (QED) is 0.666. The monoisotopic (exact) mass is 233 g/mol. The fraction of sp³-hybridized carbons (Fsp3) is 0.900. The lowest BCUT2D eigenvalue weighted by Gasteiger charge is -2.29. The summed E-state index contributed by atoms with van der Waals surface area (Å²) in [4.78, 5) is 10.6. The molecule has 1 rings (SSSR count). The van der Waals surface area contributed by atoms with Crippen molar-refractivity contribution in [1.82, 2.24) is 4.31 Å². The Morgan fingerprint density at radius 2 is 2.20 bits per heavy atom. The van der Waals surface area contributed by atoms with Crippen LogP contribution in [0.1, 0.15) is 32.6 Å². The summed E-state index contributed by atoms with van der Waals surface area (Å²) in [6.45, 7) is 2.94. The van der Waals surface area contributed by atoms with Crippen LogP contribution < -0.4 is 0 Å². The van der Waals surface area contributed by atoms with Crippen LogP contribution in [0.3, 0.4) is 0 Å². The topological polar surface area (TPSA) is 54.5 Å². The third kappa shape index (κ3) is 3.57. The van der Waals surface area contributed by atoms with Gasteiger partial charge in [-0.2, -0.15) is 0 Å². The van der Waals surface area contributed by atoms with Crippen LogP contribution in [0.15, 0.2) is 0 Å². The molecule has 0 N–H and O–H groups in total. The minimum absolute atomic E-state index is 0.102. The largest absolute Gasteiger partial charge is 0.303 e. The van der Waals surface area contributed by atoms with E-state index in [4.69, 9.17) is 0 Å². The SMILES string of the molecule is CCCCS(=O)(=O)N1CCCC(C=O)C1. The number of piperidine rings is 1. The first-order valence-electron chi connectivity index (χ1n) is 5.53. The normalized spacial score (nSPS) is 23.9. The summed E-state index contributed by atoms with van der Waals surface area (Å²) in [7, 11) is -3.11. The van der Waals surface area contributed by atoms with Crippen LogP contribution in [0.5, 0.6) is 0 Å². The molecule has 0 aliphatic carbocycles. The summed E-state index contributed by atoms with van der Waals surface area (Å²) in [6.07, 6.45) is 4.08. The van der Waals surface area contributed by atoms with Crippen molar-refractivity contribution in [3.8, 4) is 0 Å². The first kappa shape index (κ1) is 12.6. The maximum Gasteiger partial charge on any atom is 0.214 e. The van der Waals surface area contributed by atoms with Gasteiger partial charge in [0.2, 0.25) is 10.0 Å². The molecule has 0 spiro atoms. The second-order valence-electron chi connectivity index (χ2n) is 4.07. The average molecular weight is 233 g/mol. The third-order valence-corrected chi connectivity index (χ3v) is 4.69. The smallest absolute Gasteiger partial charge is 0.214 e. The van der Waals surface area contributed by atoms with Gasteiger partial charge in [0.25, 0.3) is 0 Å². The van der Waals surface area contributed by atoms with Crippen molar-refractivity contribution < 1.29 is 13.2 Å². The summed E-state index contributed by atoms with van der Waals surface area (Å²) >= 11 is 0. The van der Waals surface area contributed by atoms with E-state index in [0.29, 0.717) is 19.5 Å². The molecule has 0 radical (unpaired) electrons. The minimum atomic E-state index is -3.11. The van der Waals surface area contributed by atoms with Crippen molar-refractivity contribution in [1.29, 1.82) is 0 Å². The number of sulfonamides is 1. The Hall–Kier alpha value is -0.420. The lowest BCUT2D eigenvalue weighted by Crippen LogP contribution is -2.41. The van der Waals surface area contributed by atoms with Gasteiger partial charge in [-0.25, -0.2) is 12.7 Å². The zero-order chi connectivity index (χ0) is 11.3. The molecular formula is C10H19NO3S. The van der Waals surface area contributed by atoms with Gasteiger partial charge in [-0.15, -0.1) is 0 Å². The molecule has 0 aromatic heterocycles. The van der Waals surface area contributed by atoms with Crippen LogP contribution in [-0.2, 0) is 14.8 Å². The Labute approximate surface area is 91.7 Å². The maximum atomic E-state index is 11.8. The molecule has 5 heteroatoms. The van der Waals surface area contributed by atoms with Crippen molar-refractivity contribution in [2.45, 2.75) is 32.6 Å². The van der Waals surface area contributed by atoms with Crippen LogP contribution in [0.4, 0.5) is 0 Å². The minimum Gasteiger partial charge on any atom is -0.303 e. The summed E-state index contributed by atoms with van der Waals surface area (Å²) in [5.74, 6) is 0.116. The van der Waals surface area contributed by atoms with Gasteiger partial charge in [-0.3, -0.25) is 0 Å². The Kier molecular flexibility index (Phi) is 4.73. The lowest BCUT2D eigenvalue weighted by atomic mass is 10.0. The second kappa shape index (κ2) is 5.61. The van der Waals surface area contributed by atoms with E-state index in [2.05, 4.69) is 0 Å². The molecule has 0 amide bonds. The maximum absolute atomic E-state index is 11.8. The van der Waals surface area contributed by atoms with Crippen molar-refractivity contribution in [3.05, 3.63) is 0 Å². The average Bonchev–Trinajstić information content (AvgIpc) is 2.26. The molecule has 0 aromatic carbocycles. The summed E-state index contributed by atoms with van der Waals surface area (Å²) in [5, 5.41) is 0. The summed E-state index contributed by atoms with van der Waals surface area (Å²) in [6, 6.07) is 0. The Morgan fingerprint density at radius 1 is 1.47 bits per heavy atom. The number of carbonyl (C=O) groups is 1. The van der Waals surface area contributed by atoms with E-state index in [1.165, 1.54) is 4.31 Å². The molecule has 0 bridgehead atoms. The molecule has 0 aromatic rings. The Morgan fingerprint density at radius 3 is 2.80 bits per heavy atom. The second-order valence-corrected chi connectivity index (χ2v) is 6.15.